The van der Waals surface area contributed by atoms with Crippen LogP contribution < -0.4 is 16.4 Å². The number of anilines is 1. The molecule has 1 unspecified atom stereocenters. The first-order chi connectivity index (χ1) is 12.0. The Morgan fingerprint density at radius 2 is 2.04 bits per heavy atom. The Bertz CT molecular complexity index is 755. The standard InChI is InChI=1S/C17H24N6O2/c1-4-6-19-17(25)14(5-2)22-16(24)13-7-11(8-20-15(13)18)12-9-21-23(3)10-12/h7-10,14H,4-6H2,1-3H3,(H2,18,20)(H,19,25)(H,22,24). The van der Waals surface area contributed by atoms with Gasteiger partial charge in [0.2, 0.25) is 5.91 Å². The highest BCUT2D eigenvalue weighted by molar-refractivity contribution is 6.01. The summed E-state index contributed by atoms with van der Waals surface area (Å²) in [5.74, 6) is -0.504. The Balaban J connectivity index is 2.19. The Hall–Kier alpha value is -2.90. The van der Waals surface area contributed by atoms with E-state index in [0.717, 1.165) is 17.5 Å². The minimum absolute atomic E-state index is 0.119. The van der Waals surface area contributed by atoms with Crippen molar-refractivity contribution >= 4 is 17.6 Å². The van der Waals surface area contributed by atoms with E-state index in [-0.39, 0.29) is 17.3 Å². The van der Waals surface area contributed by atoms with Crippen LogP contribution in [0.2, 0.25) is 0 Å². The maximum atomic E-state index is 12.6. The molecule has 0 saturated heterocycles. The number of nitrogens with one attached hydrogen (secondary N) is 2. The Morgan fingerprint density at radius 1 is 1.28 bits per heavy atom. The van der Waals surface area contributed by atoms with E-state index in [1.54, 1.807) is 23.1 Å². The number of aryl methyl sites for hydroxylation is 1. The second-order valence-electron chi connectivity index (χ2n) is 5.78. The predicted octanol–water partition coefficient (Wildman–Crippen LogP) is 1.10. The van der Waals surface area contributed by atoms with E-state index in [1.807, 2.05) is 27.1 Å². The lowest BCUT2D eigenvalue weighted by Crippen LogP contribution is -2.46. The van der Waals surface area contributed by atoms with Gasteiger partial charge in [-0.2, -0.15) is 5.10 Å². The molecule has 0 fully saturated rings. The monoisotopic (exact) mass is 344 g/mol. The van der Waals surface area contributed by atoms with Gasteiger partial charge in [0.1, 0.15) is 11.9 Å². The van der Waals surface area contributed by atoms with E-state index in [0.29, 0.717) is 13.0 Å². The summed E-state index contributed by atoms with van der Waals surface area (Å²) in [6.45, 7) is 4.38. The zero-order valence-electron chi connectivity index (χ0n) is 14.7. The minimum atomic E-state index is -0.611. The topological polar surface area (TPSA) is 115 Å². The molecule has 0 spiro atoms. The van der Waals surface area contributed by atoms with Crippen LogP contribution in [0.15, 0.2) is 24.7 Å². The van der Waals surface area contributed by atoms with Gasteiger partial charge in [-0.05, 0) is 18.9 Å². The van der Waals surface area contributed by atoms with E-state index in [2.05, 4.69) is 20.7 Å². The van der Waals surface area contributed by atoms with E-state index < -0.39 is 11.9 Å². The zero-order chi connectivity index (χ0) is 18.4. The molecule has 0 radical (unpaired) electrons. The summed E-state index contributed by atoms with van der Waals surface area (Å²) >= 11 is 0. The molecule has 2 amide bonds. The second kappa shape index (κ2) is 8.27. The van der Waals surface area contributed by atoms with Gasteiger partial charge >= 0.3 is 0 Å². The van der Waals surface area contributed by atoms with Crippen LogP contribution in [0.1, 0.15) is 37.0 Å². The van der Waals surface area contributed by atoms with E-state index in [1.165, 1.54) is 0 Å². The van der Waals surface area contributed by atoms with Crippen molar-refractivity contribution in [3.05, 3.63) is 30.2 Å². The van der Waals surface area contributed by atoms with Crippen molar-refractivity contribution < 1.29 is 9.59 Å². The molecular weight excluding hydrogens is 320 g/mol. The molecule has 0 bridgehead atoms. The van der Waals surface area contributed by atoms with Crippen LogP contribution in [-0.4, -0.2) is 39.2 Å². The fourth-order valence-corrected chi connectivity index (χ4v) is 2.35. The summed E-state index contributed by atoms with van der Waals surface area (Å²) in [6, 6.07) is 1.05. The number of carbonyl (C=O) groups is 2. The first kappa shape index (κ1) is 18.4. The van der Waals surface area contributed by atoms with Crippen LogP contribution >= 0.6 is 0 Å². The highest BCUT2D eigenvalue weighted by Crippen LogP contribution is 2.21. The molecule has 4 N–H and O–H groups in total. The fourth-order valence-electron chi connectivity index (χ4n) is 2.35. The summed E-state index contributed by atoms with van der Waals surface area (Å²) in [5.41, 5.74) is 7.66. The minimum Gasteiger partial charge on any atom is -0.383 e. The molecule has 2 rings (SSSR count). The van der Waals surface area contributed by atoms with Gasteiger partial charge in [0.05, 0.1) is 11.8 Å². The largest absolute Gasteiger partial charge is 0.383 e. The molecule has 8 nitrogen and oxygen atoms in total. The van der Waals surface area contributed by atoms with Gasteiger partial charge in [0.25, 0.3) is 5.91 Å². The first-order valence-electron chi connectivity index (χ1n) is 8.29. The number of rotatable bonds is 7. The summed E-state index contributed by atoms with van der Waals surface area (Å²) < 4.78 is 1.66. The smallest absolute Gasteiger partial charge is 0.255 e. The van der Waals surface area contributed by atoms with Crippen LogP contribution in [-0.2, 0) is 11.8 Å². The van der Waals surface area contributed by atoms with Gasteiger partial charge in [-0.3, -0.25) is 14.3 Å². The number of amides is 2. The van der Waals surface area contributed by atoms with Gasteiger partial charge in [0, 0.05) is 37.1 Å². The number of nitrogens with zero attached hydrogens (tertiary/aromatic N) is 3. The molecule has 0 aromatic carbocycles. The summed E-state index contributed by atoms with van der Waals surface area (Å²) in [7, 11) is 1.81. The molecule has 8 heteroatoms. The van der Waals surface area contributed by atoms with Crippen LogP contribution in [0.4, 0.5) is 5.82 Å². The molecule has 2 aromatic heterocycles. The summed E-state index contributed by atoms with van der Waals surface area (Å²) in [6.07, 6.45) is 6.41. The lowest BCUT2D eigenvalue weighted by atomic mass is 10.1. The number of hydrogen-bond acceptors (Lipinski definition) is 5. The maximum absolute atomic E-state index is 12.6. The Kier molecular flexibility index (Phi) is 6.10. The number of pyridine rings is 1. The molecule has 134 valence electrons. The Morgan fingerprint density at radius 3 is 2.64 bits per heavy atom. The van der Waals surface area contributed by atoms with Gasteiger partial charge in [-0.25, -0.2) is 4.98 Å². The van der Waals surface area contributed by atoms with Crippen LogP contribution in [0.5, 0.6) is 0 Å². The molecule has 2 aromatic rings. The van der Waals surface area contributed by atoms with Crippen molar-refractivity contribution in [2.45, 2.75) is 32.7 Å². The number of hydrogen-bond donors (Lipinski definition) is 3. The van der Waals surface area contributed by atoms with Gasteiger partial charge < -0.3 is 16.4 Å². The predicted molar refractivity (Wildman–Crippen MR) is 95.7 cm³/mol. The van der Waals surface area contributed by atoms with Crippen LogP contribution in [0.25, 0.3) is 11.1 Å². The molecular formula is C17H24N6O2. The SMILES string of the molecule is CCCNC(=O)C(CC)NC(=O)c1cc(-c2cnn(C)c2)cnc1N. The molecule has 0 saturated carbocycles. The Labute approximate surface area is 146 Å². The third kappa shape index (κ3) is 4.56. The summed E-state index contributed by atoms with van der Waals surface area (Å²) in [5, 5.41) is 9.62. The molecule has 0 aliphatic heterocycles. The van der Waals surface area contributed by atoms with Crippen molar-refractivity contribution in [3.63, 3.8) is 0 Å². The van der Waals surface area contributed by atoms with Gasteiger partial charge in [-0.15, -0.1) is 0 Å². The van der Waals surface area contributed by atoms with E-state index >= 15 is 0 Å². The number of nitrogen functional groups attached to an aromatic ring is 1. The van der Waals surface area contributed by atoms with Crippen molar-refractivity contribution in [2.75, 3.05) is 12.3 Å². The average Bonchev–Trinajstić information content (AvgIpc) is 3.04. The average molecular weight is 344 g/mol. The van der Waals surface area contributed by atoms with Crippen LogP contribution in [0, 0.1) is 0 Å². The van der Waals surface area contributed by atoms with Gasteiger partial charge in [-0.1, -0.05) is 13.8 Å². The molecule has 0 aliphatic rings. The highest BCUT2D eigenvalue weighted by Gasteiger charge is 2.21. The van der Waals surface area contributed by atoms with E-state index in [4.69, 9.17) is 5.73 Å². The second-order valence-corrected chi connectivity index (χ2v) is 5.78. The number of nitrogens with two attached hydrogens (primary N) is 1. The number of aromatic nitrogens is 3. The molecule has 25 heavy (non-hydrogen) atoms. The summed E-state index contributed by atoms with van der Waals surface area (Å²) in [4.78, 5) is 28.8. The van der Waals surface area contributed by atoms with Crippen molar-refractivity contribution in [1.82, 2.24) is 25.4 Å². The molecule has 2 heterocycles. The normalized spacial score (nSPS) is 11.8. The van der Waals surface area contributed by atoms with E-state index in [9.17, 15) is 9.59 Å². The lowest BCUT2D eigenvalue weighted by Gasteiger charge is -2.17. The van der Waals surface area contributed by atoms with Gasteiger partial charge in [0.15, 0.2) is 0 Å². The lowest BCUT2D eigenvalue weighted by molar-refractivity contribution is -0.123. The number of carbonyl (C=O) groups excluding carboxylic acids is 2. The maximum Gasteiger partial charge on any atom is 0.255 e. The molecule has 0 aliphatic carbocycles. The quantitative estimate of drug-likeness (QED) is 0.696. The molecule has 1 atom stereocenters. The van der Waals surface area contributed by atoms with Crippen molar-refractivity contribution in [2.24, 2.45) is 7.05 Å². The third-order valence-electron chi connectivity index (χ3n) is 3.78. The van der Waals surface area contributed by atoms with Crippen molar-refractivity contribution in [1.29, 1.82) is 0 Å². The van der Waals surface area contributed by atoms with Crippen LogP contribution in [0.3, 0.4) is 0 Å². The third-order valence-corrected chi connectivity index (χ3v) is 3.78. The van der Waals surface area contributed by atoms with Crippen molar-refractivity contribution in [3.8, 4) is 11.1 Å². The highest BCUT2D eigenvalue weighted by atomic mass is 16.2. The fraction of sp³-hybridized carbons (Fsp3) is 0.412. The first-order valence-corrected chi connectivity index (χ1v) is 8.29. The zero-order valence-corrected chi connectivity index (χ0v) is 14.7.